The maximum atomic E-state index is 12.9. The number of amides is 2. The van der Waals surface area contributed by atoms with Crippen molar-refractivity contribution in [2.75, 3.05) is 11.1 Å². The minimum absolute atomic E-state index is 0.0512. The number of anilines is 1. The summed E-state index contributed by atoms with van der Waals surface area (Å²) in [5, 5.41) is 6.22. The van der Waals surface area contributed by atoms with Gasteiger partial charge in [0.15, 0.2) is 0 Å². The molecule has 0 heterocycles. The molecule has 0 unspecified atom stereocenters. The van der Waals surface area contributed by atoms with Gasteiger partial charge in [0, 0.05) is 16.6 Å². The second kappa shape index (κ2) is 11.2. The molecule has 1 aliphatic rings. The van der Waals surface area contributed by atoms with Gasteiger partial charge in [0.05, 0.1) is 11.3 Å². The van der Waals surface area contributed by atoms with Gasteiger partial charge in [-0.2, -0.15) is 0 Å². The van der Waals surface area contributed by atoms with E-state index in [0.29, 0.717) is 17.4 Å². The first-order valence-electron chi connectivity index (χ1n) is 10.9. The van der Waals surface area contributed by atoms with Crippen molar-refractivity contribution < 1.29 is 9.59 Å². The fraction of sp³-hybridized carbons (Fsp3) is 0.440. The van der Waals surface area contributed by atoms with E-state index in [4.69, 9.17) is 0 Å². The zero-order chi connectivity index (χ0) is 21.3. The van der Waals surface area contributed by atoms with Gasteiger partial charge in [0.25, 0.3) is 5.91 Å². The zero-order valence-electron chi connectivity index (χ0n) is 18.0. The second-order valence-corrected chi connectivity index (χ2v) is 9.18. The van der Waals surface area contributed by atoms with Crippen LogP contribution in [-0.4, -0.2) is 23.6 Å². The molecule has 0 spiro atoms. The minimum atomic E-state index is -0.146. The predicted molar refractivity (Wildman–Crippen MR) is 125 cm³/mol. The normalized spacial score (nSPS) is 15.1. The molecule has 1 aliphatic carbocycles. The molecule has 2 aromatic carbocycles. The SMILES string of the molecule is Cc1ccc(C)c(NC(=O)c2ccccc2SCC(=O)NC2CCCCCCC2)c1. The Labute approximate surface area is 184 Å². The molecule has 1 fully saturated rings. The summed E-state index contributed by atoms with van der Waals surface area (Å²) in [6.07, 6.45) is 8.39. The summed E-state index contributed by atoms with van der Waals surface area (Å²) >= 11 is 1.43. The van der Waals surface area contributed by atoms with E-state index < -0.39 is 0 Å². The van der Waals surface area contributed by atoms with Crippen LogP contribution in [0.5, 0.6) is 0 Å². The summed E-state index contributed by atoms with van der Waals surface area (Å²) in [4.78, 5) is 26.2. The fourth-order valence-corrected chi connectivity index (χ4v) is 4.71. The van der Waals surface area contributed by atoms with E-state index in [0.717, 1.165) is 34.6 Å². The Balaban J connectivity index is 1.59. The number of carbonyl (C=O) groups is 2. The third kappa shape index (κ3) is 6.63. The molecule has 30 heavy (non-hydrogen) atoms. The van der Waals surface area contributed by atoms with Crippen molar-refractivity contribution in [1.29, 1.82) is 0 Å². The van der Waals surface area contributed by atoms with Crippen LogP contribution in [0.2, 0.25) is 0 Å². The molecule has 4 nitrogen and oxygen atoms in total. The molecule has 0 bridgehead atoms. The van der Waals surface area contributed by atoms with Crippen LogP contribution in [0, 0.1) is 13.8 Å². The van der Waals surface area contributed by atoms with Crippen molar-refractivity contribution in [3.63, 3.8) is 0 Å². The molecule has 2 N–H and O–H groups in total. The molecule has 5 heteroatoms. The van der Waals surface area contributed by atoms with Crippen LogP contribution in [0.15, 0.2) is 47.4 Å². The van der Waals surface area contributed by atoms with Gasteiger partial charge >= 0.3 is 0 Å². The van der Waals surface area contributed by atoms with Gasteiger partial charge in [0.2, 0.25) is 5.91 Å². The highest BCUT2D eigenvalue weighted by molar-refractivity contribution is 8.00. The van der Waals surface area contributed by atoms with Crippen LogP contribution in [0.3, 0.4) is 0 Å². The lowest BCUT2D eigenvalue weighted by atomic mass is 9.97. The Morgan fingerprint density at radius 1 is 0.967 bits per heavy atom. The lowest BCUT2D eigenvalue weighted by Gasteiger charge is -2.21. The first kappa shape index (κ1) is 22.4. The summed E-state index contributed by atoms with van der Waals surface area (Å²) in [6.45, 7) is 3.99. The molecule has 1 saturated carbocycles. The smallest absolute Gasteiger partial charge is 0.256 e. The molecular weight excluding hydrogens is 392 g/mol. The number of rotatable bonds is 6. The number of benzene rings is 2. The van der Waals surface area contributed by atoms with Gasteiger partial charge < -0.3 is 10.6 Å². The van der Waals surface area contributed by atoms with Gasteiger partial charge in [-0.15, -0.1) is 11.8 Å². The van der Waals surface area contributed by atoms with Crippen molar-refractivity contribution in [3.8, 4) is 0 Å². The Morgan fingerprint density at radius 2 is 1.67 bits per heavy atom. The van der Waals surface area contributed by atoms with Crippen LogP contribution in [0.1, 0.15) is 66.4 Å². The average molecular weight is 425 g/mol. The molecule has 2 aromatic rings. The molecule has 2 amide bonds. The molecule has 0 radical (unpaired) electrons. The maximum Gasteiger partial charge on any atom is 0.256 e. The molecule has 0 aromatic heterocycles. The first-order valence-corrected chi connectivity index (χ1v) is 11.9. The molecular formula is C25H32N2O2S. The number of aryl methyl sites for hydroxylation is 2. The van der Waals surface area contributed by atoms with Crippen LogP contribution in [0.25, 0.3) is 0 Å². The van der Waals surface area contributed by atoms with Crippen LogP contribution in [0.4, 0.5) is 5.69 Å². The largest absolute Gasteiger partial charge is 0.353 e. The molecule has 3 rings (SSSR count). The van der Waals surface area contributed by atoms with Crippen LogP contribution < -0.4 is 10.6 Å². The lowest BCUT2D eigenvalue weighted by Crippen LogP contribution is -2.36. The summed E-state index contributed by atoms with van der Waals surface area (Å²) in [6, 6.07) is 13.8. The molecule has 0 aliphatic heterocycles. The van der Waals surface area contributed by atoms with Gasteiger partial charge in [0.1, 0.15) is 0 Å². The number of hydrogen-bond donors (Lipinski definition) is 2. The summed E-state index contributed by atoms with van der Waals surface area (Å²) in [7, 11) is 0. The molecule has 0 saturated heterocycles. The monoisotopic (exact) mass is 424 g/mol. The van der Waals surface area contributed by atoms with E-state index >= 15 is 0 Å². The standard InChI is InChI=1S/C25H32N2O2S/c1-18-14-15-19(2)22(16-18)27-25(29)21-12-8-9-13-23(21)30-17-24(28)26-20-10-6-4-3-5-7-11-20/h8-9,12-16,20H,3-7,10-11,17H2,1-2H3,(H,26,28)(H,27,29). The van der Waals surface area contributed by atoms with Crippen LogP contribution in [-0.2, 0) is 4.79 Å². The van der Waals surface area contributed by atoms with Crippen LogP contribution >= 0.6 is 11.8 Å². The van der Waals surface area contributed by atoms with Crippen molar-refractivity contribution >= 4 is 29.3 Å². The molecule has 160 valence electrons. The van der Waals surface area contributed by atoms with Gasteiger partial charge in [-0.25, -0.2) is 0 Å². The Bertz CT molecular complexity index is 873. The number of carbonyl (C=O) groups excluding carboxylic acids is 2. The van der Waals surface area contributed by atoms with Crippen molar-refractivity contribution in [3.05, 3.63) is 59.2 Å². The van der Waals surface area contributed by atoms with Crippen molar-refractivity contribution in [2.45, 2.75) is 69.7 Å². The quantitative estimate of drug-likeness (QED) is 0.570. The Kier molecular flexibility index (Phi) is 8.38. The number of nitrogens with one attached hydrogen (secondary N) is 2. The third-order valence-corrected chi connectivity index (χ3v) is 6.68. The Hall–Kier alpha value is -2.27. The minimum Gasteiger partial charge on any atom is -0.353 e. The van der Waals surface area contributed by atoms with Gasteiger partial charge in [-0.05, 0) is 56.0 Å². The topological polar surface area (TPSA) is 58.2 Å². The summed E-state index contributed by atoms with van der Waals surface area (Å²) in [5.41, 5.74) is 3.55. The predicted octanol–water partition coefficient (Wildman–Crippen LogP) is 5.88. The van der Waals surface area contributed by atoms with E-state index in [1.54, 1.807) is 0 Å². The van der Waals surface area contributed by atoms with E-state index in [9.17, 15) is 9.59 Å². The molecule has 0 atom stereocenters. The first-order chi connectivity index (χ1) is 14.5. The van der Waals surface area contributed by atoms with Gasteiger partial charge in [-0.1, -0.05) is 56.4 Å². The average Bonchev–Trinajstić information content (AvgIpc) is 2.71. The maximum absolute atomic E-state index is 12.9. The highest BCUT2D eigenvalue weighted by atomic mass is 32.2. The lowest BCUT2D eigenvalue weighted by molar-refractivity contribution is -0.119. The van der Waals surface area contributed by atoms with Crippen molar-refractivity contribution in [1.82, 2.24) is 5.32 Å². The Morgan fingerprint density at radius 3 is 2.43 bits per heavy atom. The van der Waals surface area contributed by atoms with E-state index in [1.807, 2.05) is 56.3 Å². The third-order valence-electron chi connectivity index (χ3n) is 5.60. The highest BCUT2D eigenvalue weighted by Crippen LogP contribution is 2.25. The van der Waals surface area contributed by atoms with E-state index in [2.05, 4.69) is 10.6 Å². The fourth-order valence-electron chi connectivity index (χ4n) is 3.85. The van der Waals surface area contributed by atoms with E-state index in [1.165, 1.54) is 43.9 Å². The van der Waals surface area contributed by atoms with Crippen molar-refractivity contribution in [2.24, 2.45) is 0 Å². The number of hydrogen-bond acceptors (Lipinski definition) is 3. The zero-order valence-corrected chi connectivity index (χ0v) is 18.8. The van der Waals surface area contributed by atoms with Gasteiger partial charge in [-0.3, -0.25) is 9.59 Å². The summed E-state index contributed by atoms with van der Waals surface area (Å²) in [5.74, 6) is 0.229. The van der Waals surface area contributed by atoms with E-state index in [-0.39, 0.29) is 11.8 Å². The summed E-state index contributed by atoms with van der Waals surface area (Å²) < 4.78 is 0. The number of thioether (sulfide) groups is 1. The highest BCUT2D eigenvalue weighted by Gasteiger charge is 2.17. The second-order valence-electron chi connectivity index (χ2n) is 8.17.